The summed E-state index contributed by atoms with van der Waals surface area (Å²) in [5.41, 5.74) is 4.74. The van der Waals surface area contributed by atoms with Crippen molar-refractivity contribution < 1.29 is 8.42 Å². The summed E-state index contributed by atoms with van der Waals surface area (Å²) in [6, 6.07) is 13.7. The molecule has 0 aliphatic heterocycles. The highest BCUT2D eigenvalue weighted by Crippen LogP contribution is 2.27. The SMILES string of the molecule is CCc1ccc(-c2nc(CS(=O)(=O)c3ccc(C)cc3C)cs2)cc1. The van der Waals surface area contributed by atoms with Crippen LogP contribution in [-0.4, -0.2) is 13.4 Å². The van der Waals surface area contributed by atoms with Crippen molar-refractivity contribution in [3.05, 3.63) is 70.2 Å². The van der Waals surface area contributed by atoms with Crippen LogP contribution in [0.15, 0.2) is 52.7 Å². The van der Waals surface area contributed by atoms with E-state index in [0.29, 0.717) is 10.6 Å². The molecule has 0 aliphatic carbocycles. The summed E-state index contributed by atoms with van der Waals surface area (Å²) in [5, 5.41) is 2.69. The van der Waals surface area contributed by atoms with Gasteiger partial charge >= 0.3 is 0 Å². The van der Waals surface area contributed by atoms with Gasteiger partial charge in [-0.2, -0.15) is 0 Å². The zero-order valence-corrected chi connectivity index (χ0v) is 16.2. The van der Waals surface area contributed by atoms with E-state index in [1.165, 1.54) is 16.9 Å². The van der Waals surface area contributed by atoms with Crippen molar-refractivity contribution in [3.63, 3.8) is 0 Å². The van der Waals surface area contributed by atoms with E-state index in [-0.39, 0.29) is 5.75 Å². The molecule has 130 valence electrons. The quantitative estimate of drug-likeness (QED) is 0.636. The molecule has 2 aromatic carbocycles. The average Bonchev–Trinajstić information content (AvgIpc) is 3.02. The fourth-order valence-corrected chi connectivity index (χ4v) is 5.26. The van der Waals surface area contributed by atoms with E-state index < -0.39 is 9.84 Å². The van der Waals surface area contributed by atoms with Crippen molar-refractivity contribution >= 4 is 21.2 Å². The molecule has 0 saturated carbocycles. The first-order valence-corrected chi connectivity index (χ1v) is 10.8. The molecule has 1 aromatic heterocycles. The topological polar surface area (TPSA) is 47.0 Å². The molecule has 3 nitrogen and oxygen atoms in total. The Morgan fingerprint density at radius 1 is 1.04 bits per heavy atom. The molecule has 0 aliphatic rings. The van der Waals surface area contributed by atoms with Gasteiger partial charge in [-0.25, -0.2) is 13.4 Å². The molecule has 0 bridgehead atoms. The number of hydrogen-bond donors (Lipinski definition) is 0. The molecule has 25 heavy (non-hydrogen) atoms. The molecule has 0 amide bonds. The second kappa shape index (κ2) is 7.10. The van der Waals surface area contributed by atoms with Gasteiger partial charge in [-0.1, -0.05) is 48.9 Å². The summed E-state index contributed by atoms with van der Waals surface area (Å²) >= 11 is 1.48. The highest BCUT2D eigenvalue weighted by molar-refractivity contribution is 7.90. The standard InChI is InChI=1S/C20H21NO2S2/c1-4-16-6-8-17(9-7-16)20-21-18(12-24-20)13-25(22,23)19-10-5-14(2)11-15(19)3/h5-12H,4,13H2,1-3H3. The molecule has 0 saturated heterocycles. The highest BCUT2D eigenvalue weighted by Gasteiger charge is 2.19. The zero-order chi connectivity index (χ0) is 18.0. The Balaban J connectivity index is 1.84. The molecule has 3 aromatic rings. The normalized spacial score (nSPS) is 11.6. The summed E-state index contributed by atoms with van der Waals surface area (Å²) in [5.74, 6) is -0.0690. The second-order valence-corrected chi connectivity index (χ2v) is 9.04. The van der Waals surface area contributed by atoms with Gasteiger partial charge in [0.1, 0.15) is 5.01 Å². The molecule has 0 fully saturated rings. The number of thiazole rings is 1. The summed E-state index contributed by atoms with van der Waals surface area (Å²) in [6.07, 6.45) is 0.998. The van der Waals surface area contributed by atoms with E-state index >= 15 is 0 Å². The van der Waals surface area contributed by atoms with Crippen molar-refractivity contribution in [1.82, 2.24) is 4.98 Å². The minimum absolute atomic E-state index is 0.0690. The Bertz CT molecular complexity index is 987. The maximum absolute atomic E-state index is 12.7. The van der Waals surface area contributed by atoms with Crippen molar-refractivity contribution in [2.45, 2.75) is 37.8 Å². The minimum atomic E-state index is -3.40. The lowest BCUT2D eigenvalue weighted by molar-refractivity contribution is 0.594. The number of aryl methyl sites for hydroxylation is 3. The van der Waals surface area contributed by atoms with Gasteiger partial charge in [0.05, 0.1) is 16.3 Å². The zero-order valence-electron chi connectivity index (χ0n) is 14.6. The van der Waals surface area contributed by atoms with E-state index in [1.807, 2.05) is 43.5 Å². The number of benzene rings is 2. The van der Waals surface area contributed by atoms with Crippen LogP contribution in [0.4, 0.5) is 0 Å². The lowest BCUT2D eigenvalue weighted by atomic mass is 10.1. The molecule has 0 unspecified atom stereocenters. The van der Waals surface area contributed by atoms with E-state index in [4.69, 9.17) is 0 Å². The van der Waals surface area contributed by atoms with Gasteiger partial charge < -0.3 is 0 Å². The van der Waals surface area contributed by atoms with Gasteiger partial charge in [0.25, 0.3) is 0 Å². The molecule has 1 heterocycles. The lowest BCUT2D eigenvalue weighted by Gasteiger charge is -2.07. The molecule has 0 radical (unpaired) electrons. The van der Waals surface area contributed by atoms with Crippen LogP contribution in [-0.2, 0) is 22.0 Å². The number of rotatable bonds is 5. The Morgan fingerprint density at radius 3 is 2.40 bits per heavy atom. The first-order chi connectivity index (χ1) is 11.9. The molecule has 0 spiro atoms. The molecule has 0 atom stereocenters. The first kappa shape index (κ1) is 17.8. The lowest BCUT2D eigenvalue weighted by Crippen LogP contribution is -2.07. The smallest absolute Gasteiger partial charge is 0.184 e. The molecule has 5 heteroatoms. The Labute approximate surface area is 153 Å². The second-order valence-electron chi connectivity index (χ2n) is 6.22. The van der Waals surface area contributed by atoms with Crippen LogP contribution < -0.4 is 0 Å². The van der Waals surface area contributed by atoms with Gasteiger partial charge in [0, 0.05) is 10.9 Å². The van der Waals surface area contributed by atoms with Crippen LogP contribution in [0.1, 0.15) is 29.3 Å². The Kier molecular flexibility index (Phi) is 5.06. The summed E-state index contributed by atoms with van der Waals surface area (Å²) < 4.78 is 25.5. The largest absolute Gasteiger partial charge is 0.240 e. The first-order valence-electron chi connectivity index (χ1n) is 8.23. The minimum Gasteiger partial charge on any atom is -0.240 e. The summed E-state index contributed by atoms with van der Waals surface area (Å²) in [6.45, 7) is 5.91. The van der Waals surface area contributed by atoms with Crippen LogP contribution in [0.25, 0.3) is 10.6 Å². The predicted molar refractivity (Wildman–Crippen MR) is 104 cm³/mol. The van der Waals surface area contributed by atoms with Crippen molar-refractivity contribution in [2.24, 2.45) is 0 Å². The fourth-order valence-electron chi connectivity index (χ4n) is 2.81. The van der Waals surface area contributed by atoms with E-state index in [1.54, 1.807) is 6.07 Å². The summed E-state index contributed by atoms with van der Waals surface area (Å²) in [7, 11) is -3.40. The Morgan fingerprint density at radius 2 is 1.76 bits per heavy atom. The van der Waals surface area contributed by atoms with Crippen LogP contribution in [0.5, 0.6) is 0 Å². The van der Waals surface area contributed by atoms with Crippen LogP contribution >= 0.6 is 11.3 Å². The third kappa shape index (κ3) is 3.99. The highest BCUT2D eigenvalue weighted by atomic mass is 32.2. The number of hydrogen-bond acceptors (Lipinski definition) is 4. The van der Waals surface area contributed by atoms with E-state index in [2.05, 4.69) is 24.0 Å². The van der Waals surface area contributed by atoms with Crippen LogP contribution in [0.3, 0.4) is 0 Å². The summed E-state index contributed by atoms with van der Waals surface area (Å²) in [4.78, 5) is 4.92. The molecular formula is C20H21NO2S2. The van der Waals surface area contributed by atoms with Gasteiger partial charge in [0.2, 0.25) is 0 Å². The number of aromatic nitrogens is 1. The third-order valence-corrected chi connectivity index (χ3v) is 6.91. The van der Waals surface area contributed by atoms with Crippen molar-refractivity contribution in [2.75, 3.05) is 0 Å². The Hall–Kier alpha value is -1.98. The third-order valence-electron chi connectivity index (χ3n) is 4.16. The average molecular weight is 372 g/mol. The van der Waals surface area contributed by atoms with Crippen LogP contribution in [0.2, 0.25) is 0 Å². The predicted octanol–water partition coefficient (Wildman–Crippen LogP) is 4.96. The molecule has 3 rings (SSSR count). The van der Waals surface area contributed by atoms with Gasteiger partial charge in [-0.05, 0) is 37.5 Å². The molecule has 0 N–H and O–H groups in total. The van der Waals surface area contributed by atoms with Gasteiger partial charge in [-0.15, -0.1) is 11.3 Å². The van der Waals surface area contributed by atoms with Crippen LogP contribution in [0, 0.1) is 13.8 Å². The molecular weight excluding hydrogens is 350 g/mol. The maximum atomic E-state index is 12.7. The van der Waals surface area contributed by atoms with Crippen molar-refractivity contribution in [1.29, 1.82) is 0 Å². The van der Waals surface area contributed by atoms with E-state index in [0.717, 1.165) is 28.1 Å². The maximum Gasteiger partial charge on any atom is 0.184 e. The fraction of sp³-hybridized carbons (Fsp3) is 0.250. The van der Waals surface area contributed by atoms with Gasteiger partial charge in [-0.3, -0.25) is 0 Å². The number of sulfone groups is 1. The number of nitrogens with zero attached hydrogens (tertiary/aromatic N) is 1. The van der Waals surface area contributed by atoms with E-state index in [9.17, 15) is 8.42 Å². The van der Waals surface area contributed by atoms with Crippen molar-refractivity contribution in [3.8, 4) is 10.6 Å². The van der Waals surface area contributed by atoms with Gasteiger partial charge in [0.15, 0.2) is 9.84 Å². The monoisotopic (exact) mass is 371 g/mol.